The van der Waals surface area contributed by atoms with Crippen LogP contribution in [0.15, 0.2) is 18.2 Å². The van der Waals surface area contributed by atoms with E-state index in [1.165, 1.54) is 6.07 Å². The molecule has 0 radical (unpaired) electrons. The average molecular weight is 209 g/mol. The quantitative estimate of drug-likeness (QED) is 0.553. The smallest absolute Gasteiger partial charge is 0.310 e. The van der Waals surface area contributed by atoms with Gasteiger partial charge in [-0.05, 0) is 25.0 Å². The summed E-state index contributed by atoms with van der Waals surface area (Å²) in [7, 11) is 0. The molecule has 0 bridgehead atoms. The van der Waals surface area contributed by atoms with Crippen molar-refractivity contribution in [3.8, 4) is 5.75 Å². The number of nitro groups is 1. The Balaban J connectivity index is 3.03. The first-order chi connectivity index (χ1) is 7.19. The summed E-state index contributed by atoms with van der Waals surface area (Å²) in [5, 5.41) is 10.7. The van der Waals surface area contributed by atoms with Crippen LogP contribution in [0.4, 0.5) is 5.69 Å². The zero-order valence-corrected chi connectivity index (χ0v) is 9.03. The van der Waals surface area contributed by atoms with Gasteiger partial charge in [-0.1, -0.05) is 19.4 Å². The Labute approximate surface area is 89.0 Å². The van der Waals surface area contributed by atoms with Gasteiger partial charge in [0.1, 0.15) is 0 Å². The van der Waals surface area contributed by atoms with E-state index < -0.39 is 4.92 Å². The van der Waals surface area contributed by atoms with Crippen molar-refractivity contribution in [1.82, 2.24) is 0 Å². The SMILES string of the molecule is CCCc1ccc([N+](=O)[O-])c(OCC)c1. The fourth-order valence-electron chi connectivity index (χ4n) is 1.42. The lowest BCUT2D eigenvalue weighted by molar-refractivity contribution is -0.385. The molecule has 15 heavy (non-hydrogen) atoms. The van der Waals surface area contributed by atoms with E-state index >= 15 is 0 Å². The molecule has 0 spiro atoms. The number of nitrogens with zero attached hydrogens (tertiary/aromatic N) is 1. The van der Waals surface area contributed by atoms with E-state index in [-0.39, 0.29) is 5.69 Å². The monoisotopic (exact) mass is 209 g/mol. The first kappa shape index (κ1) is 11.5. The molecule has 0 aliphatic rings. The van der Waals surface area contributed by atoms with Crippen LogP contribution >= 0.6 is 0 Å². The normalized spacial score (nSPS) is 10.0. The fourth-order valence-corrected chi connectivity index (χ4v) is 1.42. The van der Waals surface area contributed by atoms with Crippen molar-refractivity contribution in [1.29, 1.82) is 0 Å². The molecule has 0 saturated carbocycles. The van der Waals surface area contributed by atoms with E-state index in [2.05, 4.69) is 6.92 Å². The van der Waals surface area contributed by atoms with Crippen LogP contribution in [-0.2, 0) is 6.42 Å². The molecule has 0 fully saturated rings. The van der Waals surface area contributed by atoms with Gasteiger partial charge in [-0.25, -0.2) is 0 Å². The molecule has 0 amide bonds. The molecule has 0 atom stereocenters. The van der Waals surface area contributed by atoms with Gasteiger partial charge in [0.2, 0.25) is 0 Å². The number of ether oxygens (including phenoxy) is 1. The summed E-state index contributed by atoms with van der Waals surface area (Å²) < 4.78 is 5.24. The Morgan fingerprint density at radius 2 is 2.13 bits per heavy atom. The highest BCUT2D eigenvalue weighted by Crippen LogP contribution is 2.28. The lowest BCUT2D eigenvalue weighted by atomic mass is 10.1. The molecule has 4 nitrogen and oxygen atoms in total. The number of aryl methyl sites for hydroxylation is 1. The highest BCUT2D eigenvalue weighted by atomic mass is 16.6. The topological polar surface area (TPSA) is 52.4 Å². The Kier molecular flexibility index (Phi) is 4.09. The van der Waals surface area contributed by atoms with Gasteiger partial charge >= 0.3 is 5.69 Å². The second kappa shape index (κ2) is 5.34. The van der Waals surface area contributed by atoms with E-state index in [1.807, 2.05) is 6.92 Å². The van der Waals surface area contributed by atoms with Crippen molar-refractivity contribution in [2.24, 2.45) is 0 Å². The predicted molar refractivity (Wildman–Crippen MR) is 58.3 cm³/mol. The highest BCUT2D eigenvalue weighted by molar-refractivity contribution is 5.48. The van der Waals surface area contributed by atoms with E-state index in [0.29, 0.717) is 12.4 Å². The minimum absolute atomic E-state index is 0.0386. The molecule has 0 aliphatic carbocycles. The Bertz CT molecular complexity index is 350. The Morgan fingerprint density at radius 3 is 2.67 bits per heavy atom. The summed E-state index contributed by atoms with van der Waals surface area (Å²) in [6, 6.07) is 5.05. The van der Waals surface area contributed by atoms with Gasteiger partial charge in [-0.2, -0.15) is 0 Å². The highest BCUT2D eigenvalue weighted by Gasteiger charge is 2.14. The van der Waals surface area contributed by atoms with E-state index in [1.54, 1.807) is 12.1 Å². The van der Waals surface area contributed by atoms with Crippen molar-refractivity contribution in [2.45, 2.75) is 26.7 Å². The molecule has 0 heterocycles. The minimum atomic E-state index is -0.416. The van der Waals surface area contributed by atoms with Crippen molar-refractivity contribution in [3.05, 3.63) is 33.9 Å². The lowest BCUT2D eigenvalue weighted by Crippen LogP contribution is -1.98. The van der Waals surface area contributed by atoms with E-state index in [0.717, 1.165) is 18.4 Å². The molecule has 0 unspecified atom stereocenters. The van der Waals surface area contributed by atoms with Crippen LogP contribution in [0.2, 0.25) is 0 Å². The van der Waals surface area contributed by atoms with Crippen molar-refractivity contribution in [3.63, 3.8) is 0 Å². The van der Waals surface area contributed by atoms with Crippen LogP contribution in [0.5, 0.6) is 5.75 Å². The lowest BCUT2D eigenvalue weighted by Gasteiger charge is -2.06. The maximum absolute atomic E-state index is 10.7. The molecule has 82 valence electrons. The number of hydrogen-bond acceptors (Lipinski definition) is 3. The van der Waals surface area contributed by atoms with Crippen LogP contribution in [0.1, 0.15) is 25.8 Å². The van der Waals surface area contributed by atoms with Crippen LogP contribution < -0.4 is 4.74 Å². The maximum atomic E-state index is 10.7. The summed E-state index contributed by atoms with van der Waals surface area (Å²) in [4.78, 5) is 10.3. The molecule has 4 heteroatoms. The standard InChI is InChI=1S/C11H15NO3/c1-3-5-9-6-7-10(12(13)14)11(8-9)15-4-2/h6-8H,3-5H2,1-2H3. The summed E-state index contributed by atoms with van der Waals surface area (Å²) in [5.41, 5.74) is 1.11. The molecule has 1 aromatic rings. The van der Waals surface area contributed by atoms with Crippen LogP contribution in [0.25, 0.3) is 0 Å². The largest absolute Gasteiger partial charge is 0.487 e. The third kappa shape index (κ3) is 2.94. The zero-order chi connectivity index (χ0) is 11.3. The number of rotatable bonds is 5. The first-order valence-electron chi connectivity index (χ1n) is 5.09. The third-order valence-corrected chi connectivity index (χ3v) is 2.06. The van der Waals surface area contributed by atoms with Gasteiger partial charge in [0, 0.05) is 6.07 Å². The Hall–Kier alpha value is -1.58. The van der Waals surface area contributed by atoms with Crippen molar-refractivity contribution < 1.29 is 9.66 Å². The molecule has 0 aliphatic heterocycles. The Morgan fingerprint density at radius 1 is 1.40 bits per heavy atom. The molecule has 0 aromatic heterocycles. The van der Waals surface area contributed by atoms with Crippen LogP contribution in [0.3, 0.4) is 0 Å². The summed E-state index contributed by atoms with van der Waals surface area (Å²) in [5.74, 6) is 0.369. The second-order valence-corrected chi connectivity index (χ2v) is 3.24. The fraction of sp³-hybridized carbons (Fsp3) is 0.455. The molecular weight excluding hydrogens is 194 g/mol. The van der Waals surface area contributed by atoms with Gasteiger partial charge in [0.15, 0.2) is 5.75 Å². The summed E-state index contributed by atoms with van der Waals surface area (Å²) in [6.45, 7) is 4.33. The summed E-state index contributed by atoms with van der Waals surface area (Å²) >= 11 is 0. The predicted octanol–water partition coefficient (Wildman–Crippen LogP) is 2.95. The van der Waals surface area contributed by atoms with Crippen LogP contribution in [-0.4, -0.2) is 11.5 Å². The maximum Gasteiger partial charge on any atom is 0.310 e. The molecular formula is C11H15NO3. The molecule has 1 rings (SSSR count). The van der Waals surface area contributed by atoms with Crippen LogP contribution in [0, 0.1) is 10.1 Å². The van der Waals surface area contributed by atoms with Crippen molar-refractivity contribution in [2.75, 3.05) is 6.61 Å². The summed E-state index contributed by atoms with van der Waals surface area (Å²) in [6.07, 6.45) is 1.93. The average Bonchev–Trinajstić information content (AvgIpc) is 2.18. The second-order valence-electron chi connectivity index (χ2n) is 3.24. The molecule has 0 N–H and O–H groups in total. The number of nitro benzene ring substituents is 1. The number of benzene rings is 1. The third-order valence-electron chi connectivity index (χ3n) is 2.06. The van der Waals surface area contributed by atoms with E-state index in [4.69, 9.17) is 4.74 Å². The van der Waals surface area contributed by atoms with Gasteiger partial charge in [0.25, 0.3) is 0 Å². The number of hydrogen-bond donors (Lipinski definition) is 0. The van der Waals surface area contributed by atoms with E-state index in [9.17, 15) is 10.1 Å². The zero-order valence-electron chi connectivity index (χ0n) is 9.03. The van der Waals surface area contributed by atoms with Gasteiger partial charge in [-0.15, -0.1) is 0 Å². The van der Waals surface area contributed by atoms with Gasteiger partial charge < -0.3 is 4.74 Å². The molecule has 1 aromatic carbocycles. The van der Waals surface area contributed by atoms with Crippen molar-refractivity contribution >= 4 is 5.69 Å². The minimum Gasteiger partial charge on any atom is -0.487 e. The van der Waals surface area contributed by atoms with Gasteiger partial charge in [0.05, 0.1) is 11.5 Å². The first-order valence-corrected chi connectivity index (χ1v) is 5.09. The molecule has 0 saturated heterocycles. The van der Waals surface area contributed by atoms with Gasteiger partial charge in [-0.3, -0.25) is 10.1 Å².